The molecule has 5 rings (SSSR count). The third-order valence-corrected chi connectivity index (χ3v) is 7.38. The smallest absolute Gasteiger partial charge is 0.227 e. The van der Waals surface area contributed by atoms with Gasteiger partial charge in [-0.2, -0.15) is 0 Å². The first-order chi connectivity index (χ1) is 17.5. The first kappa shape index (κ1) is 24.4. The van der Waals surface area contributed by atoms with Gasteiger partial charge in [0.25, 0.3) is 0 Å². The van der Waals surface area contributed by atoms with Crippen molar-refractivity contribution in [2.24, 2.45) is 0 Å². The number of rotatable bonds is 9. The van der Waals surface area contributed by atoms with Crippen molar-refractivity contribution in [2.45, 2.75) is 52.0 Å². The molecule has 1 aromatic heterocycles. The number of benzene rings is 3. The average Bonchev–Trinajstić information content (AvgIpc) is 3.46. The van der Waals surface area contributed by atoms with Gasteiger partial charge in [0.15, 0.2) is 0 Å². The topological polar surface area (TPSA) is 47.4 Å². The number of fused-ring (bicyclic) bond motifs is 1. The molecule has 0 bridgehead atoms. The average molecular weight is 502 g/mol. The lowest BCUT2D eigenvalue weighted by Gasteiger charge is -2.18. The Labute approximate surface area is 217 Å². The van der Waals surface area contributed by atoms with Crippen LogP contribution in [0.25, 0.3) is 11.0 Å². The molecule has 1 amide bonds. The van der Waals surface area contributed by atoms with E-state index >= 15 is 0 Å². The summed E-state index contributed by atoms with van der Waals surface area (Å²) in [5.41, 5.74) is 5.29. The quantitative estimate of drug-likeness (QED) is 0.249. The van der Waals surface area contributed by atoms with Gasteiger partial charge in [-0.05, 0) is 73.4 Å². The number of carbonyl (C=O) groups is 1. The maximum absolute atomic E-state index is 13.1. The van der Waals surface area contributed by atoms with E-state index in [9.17, 15) is 4.79 Å². The first-order valence-corrected chi connectivity index (χ1v) is 13.1. The molecule has 0 aliphatic carbocycles. The Hall–Kier alpha value is -3.31. The summed E-state index contributed by atoms with van der Waals surface area (Å²) in [6.45, 7) is 5.95. The van der Waals surface area contributed by atoms with Gasteiger partial charge in [0, 0.05) is 29.6 Å². The van der Waals surface area contributed by atoms with E-state index in [1.54, 1.807) is 0 Å². The van der Waals surface area contributed by atoms with E-state index in [1.165, 1.54) is 18.4 Å². The SMILES string of the molecule is CCCCc1ccc(N2CC(c3nc4ccccc4n3CCOc3ccc(Cl)c(C)c3)CC2=O)cc1. The van der Waals surface area contributed by atoms with Gasteiger partial charge in [0.2, 0.25) is 5.91 Å². The van der Waals surface area contributed by atoms with Crippen LogP contribution in [0.3, 0.4) is 0 Å². The third kappa shape index (κ3) is 5.12. The molecule has 1 aliphatic rings. The van der Waals surface area contributed by atoms with Crippen LogP contribution in [0.15, 0.2) is 66.7 Å². The molecule has 4 aromatic rings. The Balaban J connectivity index is 1.34. The fourth-order valence-corrected chi connectivity index (χ4v) is 5.07. The van der Waals surface area contributed by atoms with Gasteiger partial charge in [-0.25, -0.2) is 4.98 Å². The Kier molecular flexibility index (Phi) is 7.28. The minimum absolute atomic E-state index is 0.0300. The molecule has 1 fully saturated rings. The van der Waals surface area contributed by atoms with Gasteiger partial charge < -0.3 is 14.2 Å². The molecule has 5 nitrogen and oxygen atoms in total. The fraction of sp³-hybridized carbons (Fsp3) is 0.333. The third-order valence-electron chi connectivity index (χ3n) is 6.95. The molecular formula is C30H32ClN3O2. The maximum atomic E-state index is 13.1. The van der Waals surface area contributed by atoms with Crippen molar-refractivity contribution in [3.63, 3.8) is 0 Å². The number of amides is 1. The highest BCUT2D eigenvalue weighted by atomic mass is 35.5. The van der Waals surface area contributed by atoms with Gasteiger partial charge in [-0.1, -0.05) is 49.2 Å². The van der Waals surface area contributed by atoms with Crippen LogP contribution in [0.4, 0.5) is 5.69 Å². The molecule has 0 N–H and O–H groups in total. The highest BCUT2D eigenvalue weighted by molar-refractivity contribution is 6.31. The zero-order chi connectivity index (χ0) is 25.1. The normalized spacial score (nSPS) is 15.7. The predicted octanol–water partition coefficient (Wildman–Crippen LogP) is 6.94. The molecule has 2 heterocycles. The van der Waals surface area contributed by atoms with Gasteiger partial charge in [0.1, 0.15) is 18.2 Å². The molecule has 1 aliphatic heterocycles. The number of carbonyl (C=O) groups excluding carboxylic acids is 1. The zero-order valence-electron chi connectivity index (χ0n) is 20.9. The van der Waals surface area contributed by atoms with Crippen molar-refractivity contribution in [3.8, 4) is 5.75 Å². The number of ether oxygens (including phenoxy) is 1. The maximum Gasteiger partial charge on any atom is 0.227 e. The Morgan fingerprint density at radius 2 is 1.89 bits per heavy atom. The van der Waals surface area contributed by atoms with Crippen molar-refractivity contribution in [2.75, 3.05) is 18.1 Å². The lowest BCUT2D eigenvalue weighted by Crippen LogP contribution is -2.24. The van der Waals surface area contributed by atoms with E-state index in [0.29, 0.717) is 26.1 Å². The number of aryl methyl sites for hydroxylation is 2. The minimum atomic E-state index is 0.0300. The van der Waals surface area contributed by atoms with E-state index in [-0.39, 0.29) is 11.8 Å². The first-order valence-electron chi connectivity index (χ1n) is 12.8. The number of hydrogen-bond acceptors (Lipinski definition) is 3. The molecule has 186 valence electrons. The molecular weight excluding hydrogens is 470 g/mol. The molecule has 1 atom stereocenters. The molecule has 1 unspecified atom stereocenters. The number of nitrogens with zero attached hydrogens (tertiary/aromatic N) is 3. The van der Waals surface area contributed by atoms with Crippen LogP contribution in [0, 0.1) is 6.92 Å². The lowest BCUT2D eigenvalue weighted by atomic mass is 10.1. The van der Waals surface area contributed by atoms with Crippen LogP contribution in [0.1, 0.15) is 49.1 Å². The second-order valence-electron chi connectivity index (χ2n) is 9.55. The van der Waals surface area contributed by atoms with Gasteiger partial charge >= 0.3 is 0 Å². The number of anilines is 1. The summed E-state index contributed by atoms with van der Waals surface area (Å²) in [7, 11) is 0. The van der Waals surface area contributed by atoms with E-state index < -0.39 is 0 Å². The minimum Gasteiger partial charge on any atom is -0.492 e. The number of para-hydroxylation sites is 2. The Morgan fingerprint density at radius 1 is 1.08 bits per heavy atom. The van der Waals surface area contributed by atoms with Crippen LogP contribution in [-0.4, -0.2) is 28.6 Å². The van der Waals surface area contributed by atoms with Crippen LogP contribution in [-0.2, 0) is 17.8 Å². The van der Waals surface area contributed by atoms with Crippen molar-refractivity contribution in [1.82, 2.24) is 9.55 Å². The highest BCUT2D eigenvalue weighted by Gasteiger charge is 2.34. The molecule has 3 aromatic carbocycles. The fourth-order valence-electron chi connectivity index (χ4n) is 4.96. The van der Waals surface area contributed by atoms with E-state index in [4.69, 9.17) is 21.3 Å². The van der Waals surface area contributed by atoms with Crippen molar-refractivity contribution < 1.29 is 9.53 Å². The van der Waals surface area contributed by atoms with Gasteiger partial charge in [0.05, 0.1) is 17.6 Å². The van der Waals surface area contributed by atoms with Crippen LogP contribution >= 0.6 is 11.6 Å². The number of halogens is 1. The standard InChI is InChI=1S/C30H32ClN3O2/c1-3-4-7-22-10-12-24(13-11-22)34-20-23(19-29(34)35)30-32-27-8-5-6-9-28(27)33(30)16-17-36-25-14-15-26(31)21(2)18-25/h5-6,8-15,18,23H,3-4,7,16-17,19-20H2,1-2H3. The summed E-state index contributed by atoms with van der Waals surface area (Å²) in [6, 6.07) is 22.3. The monoisotopic (exact) mass is 501 g/mol. The summed E-state index contributed by atoms with van der Waals surface area (Å²) >= 11 is 6.15. The van der Waals surface area contributed by atoms with E-state index in [1.807, 2.05) is 48.2 Å². The summed E-state index contributed by atoms with van der Waals surface area (Å²) in [4.78, 5) is 19.9. The molecule has 0 radical (unpaired) electrons. The number of aromatic nitrogens is 2. The van der Waals surface area contributed by atoms with Crippen LogP contribution < -0.4 is 9.64 Å². The molecule has 0 saturated carbocycles. The van der Waals surface area contributed by atoms with Crippen molar-refractivity contribution in [1.29, 1.82) is 0 Å². The number of unbranched alkanes of at least 4 members (excludes halogenated alkanes) is 1. The predicted molar refractivity (Wildman–Crippen MR) is 146 cm³/mol. The summed E-state index contributed by atoms with van der Waals surface area (Å²) in [5, 5.41) is 0.733. The largest absolute Gasteiger partial charge is 0.492 e. The summed E-state index contributed by atoms with van der Waals surface area (Å²) in [5.74, 6) is 1.92. The van der Waals surface area contributed by atoms with E-state index in [0.717, 1.165) is 45.3 Å². The van der Waals surface area contributed by atoms with Crippen molar-refractivity contribution in [3.05, 3.63) is 88.7 Å². The summed E-state index contributed by atoms with van der Waals surface area (Å²) in [6.07, 6.45) is 3.90. The second kappa shape index (κ2) is 10.8. The van der Waals surface area contributed by atoms with Crippen LogP contribution in [0.5, 0.6) is 5.75 Å². The zero-order valence-corrected chi connectivity index (χ0v) is 21.7. The van der Waals surface area contributed by atoms with E-state index in [2.05, 4.69) is 41.8 Å². The van der Waals surface area contributed by atoms with Crippen LogP contribution in [0.2, 0.25) is 5.02 Å². The molecule has 6 heteroatoms. The van der Waals surface area contributed by atoms with Gasteiger partial charge in [-0.15, -0.1) is 0 Å². The Bertz CT molecular complexity index is 1360. The second-order valence-corrected chi connectivity index (χ2v) is 9.95. The van der Waals surface area contributed by atoms with Crippen molar-refractivity contribution >= 4 is 34.2 Å². The number of hydrogen-bond donors (Lipinski definition) is 0. The Morgan fingerprint density at radius 3 is 2.67 bits per heavy atom. The molecule has 36 heavy (non-hydrogen) atoms. The molecule has 1 saturated heterocycles. The highest BCUT2D eigenvalue weighted by Crippen LogP contribution is 2.33. The summed E-state index contributed by atoms with van der Waals surface area (Å²) < 4.78 is 8.26. The molecule has 0 spiro atoms. The number of imidazole rings is 1. The van der Waals surface area contributed by atoms with Gasteiger partial charge in [-0.3, -0.25) is 4.79 Å². The lowest BCUT2D eigenvalue weighted by molar-refractivity contribution is -0.117.